The Balaban J connectivity index is 2.29. The second kappa shape index (κ2) is 4.08. The van der Waals surface area contributed by atoms with E-state index in [-0.39, 0.29) is 17.7 Å². The monoisotopic (exact) mass is 217 g/mol. The number of benzene rings is 1. The summed E-state index contributed by atoms with van der Waals surface area (Å²) < 4.78 is 0. The van der Waals surface area contributed by atoms with E-state index in [4.69, 9.17) is 0 Å². The lowest BCUT2D eigenvalue weighted by molar-refractivity contribution is -0.133. The first-order valence-corrected chi connectivity index (χ1v) is 5.45. The Bertz CT molecular complexity index is 415. The summed E-state index contributed by atoms with van der Waals surface area (Å²) >= 11 is 0. The third-order valence-electron chi connectivity index (χ3n) is 2.86. The summed E-state index contributed by atoms with van der Waals surface area (Å²) in [6, 6.07) is 6.21. The second-order valence-corrected chi connectivity index (χ2v) is 4.50. The number of hydrogen-bond donors (Lipinski definition) is 1. The second-order valence-electron chi connectivity index (χ2n) is 4.50. The molecule has 1 fully saturated rings. The first-order chi connectivity index (χ1) is 7.54. The molecule has 1 aromatic rings. The van der Waals surface area contributed by atoms with Gasteiger partial charge in [-0.1, -0.05) is 29.3 Å². The van der Waals surface area contributed by atoms with Crippen molar-refractivity contribution in [3.05, 3.63) is 34.9 Å². The first-order valence-electron chi connectivity index (χ1n) is 5.45. The van der Waals surface area contributed by atoms with E-state index in [1.54, 1.807) is 0 Å². The van der Waals surface area contributed by atoms with Gasteiger partial charge < -0.3 is 0 Å². The Hall–Kier alpha value is -1.64. The summed E-state index contributed by atoms with van der Waals surface area (Å²) in [5.41, 5.74) is 3.45. The quantitative estimate of drug-likeness (QED) is 0.729. The molecule has 0 saturated carbocycles. The Morgan fingerprint density at radius 3 is 2.00 bits per heavy atom. The molecule has 1 N–H and O–H groups in total. The number of amides is 2. The fourth-order valence-electron chi connectivity index (χ4n) is 2.26. The summed E-state index contributed by atoms with van der Waals surface area (Å²) in [5.74, 6) is -0.291. The third-order valence-corrected chi connectivity index (χ3v) is 2.86. The van der Waals surface area contributed by atoms with Crippen LogP contribution in [0.25, 0.3) is 0 Å². The van der Waals surface area contributed by atoms with Gasteiger partial charge >= 0.3 is 0 Å². The van der Waals surface area contributed by atoms with Crippen molar-refractivity contribution < 1.29 is 9.59 Å². The summed E-state index contributed by atoms with van der Waals surface area (Å²) in [5, 5.41) is 2.33. The fourth-order valence-corrected chi connectivity index (χ4v) is 2.26. The van der Waals surface area contributed by atoms with Crippen molar-refractivity contribution >= 4 is 11.8 Å². The molecule has 1 aliphatic rings. The number of piperidine rings is 1. The topological polar surface area (TPSA) is 46.2 Å². The van der Waals surface area contributed by atoms with E-state index in [1.807, 2.05) is 13.8 Å². The maximum absolute atomic E-state index is 11.3. The molecular formula is C13H15NO2. The van der Waals surface area contributed by atoms with Crippen molar-refractivity contribution in [3.63, 3.8) is 0 Å². The van der Waals surface area contributed by atoms with Crippen molar-refractivity contribution in [1.29, 1.82) is 0 Å². The van der Waals surface area contributed by atoms with Gasteiger partial charge in [-0.25, -0.2) is 0 Å². The minimum Gasteiger partial charge on any atom is -0.296 e. The first kappa shape index (κ1) is 10.9. The van der Waals surface area contributed by atoms with Crippen LogP contribution in [0.4, 0.5) is 0 Å². The lowest BCUT2D eigenvalue weighted by atomic mass is 9.88. The molecular weight excluding hydrogens is 202 g/mol. The smallest absolute Gasteiger partial charge is 0.227 e. The highest BCUT2D eigenvalue weighted by atomic mass is 16.2. The summed E-state index contributed by atoms with van der Waals surface area (Å²) in [6.07, 6.45) is 0.823. The van der Waals surface area contributed by atoms with E-state index in [9.17, 15) is 9.59 Å². The van der Waals surface area contributed by atoms with Gasteiger partial charge in [0.05, 0.1) is 0 Å². The van der Waals surface area contributed by atoms with Crippen LogP contribution in [0.5, 0.6) is 0 Å². The van der Waals surface area contributed by atoms with E-state index in [0.717, 1.165) is 5.56 Å². The number of nitrogens with one attached hydrogen (secondary N) is 1. The van der Waals surface area contributed by atoms with Gasteiger partial charge in [0.25, 0.3) is 0 Å². The van der Waals surface area contributed by atoms with E-state index < -0.39 is 0 Å². The Morgan fingerprint density at radius 2 is 1.50 bits per heavy atom. The van der Waals surface area contributed by atoms with Gasteiger partial charge in [-0.05, 0) is 19.4 Å². The predicted molar refractivity (Wildman–Crippen MR) is 61.0 cm³/mol. The van der Waals surface area contributed by atoms with Gasteiger partial charge in [0.15, 0.2) is 0 Å². The van der Waals surface area contributed by atoms with Crippen LogP contribution in [-0.2, 0) is 9.59 Å². The standard InChI is InChI=1S/C13H15NO2/c1-8-3-9(2)5-10(4-8)11-6-12(15)14-13(16)7-11/h3-5,11H,6-7H2,1-2H3,(H,14,15,16). The van der Waals surface area contributed by atoms with Crippen LogP contribution in [0.3, 0.4) is 0 Å². The molecule has 0 radical (unpaired) electrons. The van der Waals surface area contributed by atoms with Crippen LogP contribution in [0.15, 0.2) is 18.2 Å². The van der Waals surface area contributed by atoms with Gasteiger partial charge in [-0.3, -0.25) is 14.9 Å². The number of aryl methyl sites for hydroxylation is 2. The zero-order valence-corrected chi connectivity index (χ0v) is 9.54. The summed E-state index contributed by atoms with van der Waals surface area (Å²) in [4.78, 5) is 22.6. The molecule has 0 atom stereocenters. The third kappa shape index (κ3) is 2.30. The Morgan fingerprint density at radius 1 is 1.00 bits per heavy atom. The lowest BCUT2D eigenvalue weighted by Crippen LogP contribution is -2.37. The molecule has 2 rings (SSSR count). The highest BCUT2D eigenvalue weighted by Crippen LogP contribution is 2.27. The Kier molecular flexibility index (Phi) is 2.77. The number of hydrogen-bond acceptors (Lipinski definition) is 2. The number of rotatable bonds is 1. The largest absolute Gasteiger partial charge is 0.296 e. The van der Waals surface area contributed by atoms with Crippen molar-refractivity contribution in [2.24, 2.45) is 0 Å². The van der Waals surface area contributed by atoms with Crippen LogP contribution in [0.1, 0.15) is 35.4 Å². The van der Waals surface area contributed by atoms with Crippen molar-refractivity contribution in [1.82, 2.24) is 5.32 Å². The van der Waals surface area contributed by atoms with Crippen LogP contribution in [-0.4, -0.2) is 11.8 Å². The molecule has 16 heavy (non-hydrogen) atoms. The highest BCUT2D eigenvalue weighted by Gasteiger charge is 2.26. The summed E-state index contributed by atoms with van der Waals surface area (Å²) in [6.45, 7) is 4.06. The van der Waals surface area contributed by atoms with Crippen molar-refractivity contribution in [2.75, 3.05) is 0 Å². The number of carbonyl (C=O) groups is 2. The average molecular weight is 217 g/mol. The van der Waals surface area contributed by atoms with E-state index in [1.165, 1.54) is 11.1 Å². The summed E-state index contributed by atoms with van der Waals surface area (Å²) in [7, 11) is 0. The van der Waals surface area contributed by atoms with Crippen LogP contribution in [0, 0.1) is 13.8 Å². The molecule has 0 spiro atoms. The molecule has 1 aliphatic heterocycles. The van der Waals surface area contributed by atoms with E-state index in [0.29, 0.717) is 12.8 Å². The van der Waals surface area contributed by atoms with Gasteiger partial charge in [0, 0.05) is 18.8 Å². The molecule has 3 heteroatoms. The van der Waals surface area contributed by atoms with E-state index >= 15 is 0 Å². The zero-order chi connectivity index (χ0) is 11.7. The molecule has 84 valence electrons. The normalized spacial score (nSPS) is 17.4. The van der Waals surface area contributed by atoms with Gasteiger partial charge in [-0.15, -0.1) is 0 Å². The van der Waals surface area contributed by atoms with Gasteiger partial charge in [-0.2, -0.15) is 0 Å². The van der Waals surface area contributed by atoms with Crippen LogP contribution < -0.4 is 5.32 Å². The predicted octanol–water partition coefficient (Wildman–Crippen LogP) is 1.82. The van der Waals surface area contributed by atoms with Gasteiger partial charge in [0.2, 0.25) is 11.8 Å². The number of imide groups is 1. The minimum atomic E-state index is -0.166. The molecule has 1 aromatic carbocycles. The maximum atomic E-state index is 11.3. The van der Waals surface area contributed by atoms with Crippen LogP contribution >= 0.6 is 0 Å². The average Bonchev–Trinajstić information content (AvgIpc) is 2.14. The van der Waals surface area contributed by atoms with Crippen molar-refractivity contribution in [2.45, 2.75) is 32.6 Å². The molecule has 3 nitrogen and oxygen atoms in total. The number of carbonyl (C=O) groups excluding carboxylic acids is 2. The molecule has 0 aliphatic carbocycles. The van der Waals surface area contributed by atoms with Gasteiger partial charge in [0.1, 0.15) is 0 Å². The molecule has 1 heterocycles. The molecule has 0 bridgehead atoms. The van der Waals surface area contributed by atoms with E-state index in [2.05, 4.69) is 23.5 Å². The maximum Gasteiger partial charge on any atom is 0.227 e. The lowest BCUT2D eigenvalue weighted by Gasteiger charge is -2.21. The van der Waals surface area contributed by atoms with Crippen molar-refractivity contribution in [3.8, 4) is 0 Å². The van der Waals surface area contributed by atoms with Crippen LogP contribution in [0.2, 0.25) is 0 Å². The fraction of sp³-hybridized carbons (Fsp3) is 0.385. The molecule has 2 amide bonds. The minimum absolute atomic E-state index is 0.0415. The molecule has 0 aromatic heterocycles. The SMILES string of the molecule is Cc1cc(C)cc(C2CC(=O)NC(=O)C2)c1. The zero-order valence-electron chi connectivity index (χ0n) is 9.54. The molecule has 1 saturated heterocycles. The Labute approximate surface area is 94.9 Å². The highest BCUT2D eigenvalue weighted by molar-refractivity contribution is 5.98. The molecule has 0 unspecified atom stereocenters.